The Morgan fingerprint density at radius 2 is 1.76 bits per heavy atom. The molecule has 0 spiro atoms. The fourth-order valence-corrected chi connectivity index (χ4v) is 5.03. The Hall–Kier alpha value is -1.09. The average molecular weight is 302 g/mol. The highest BCUT2D eigenvalue weighted by Crippen LogP contribution is 2.50. The first-order chi connectivity index (χ1) is 9.69. The van der Waals surface area contributed by atoms with Gasteiger partial charge in [0.15, 0.2) is 4.77 Å². The lowest BCUT2D eigenvalue weighted by molar-refractivity contribution is 0.0733. The molecule has 1 saturated carbocycles. The second-order valence-electron chi connectivity index (χ2n) is 8.34. The van der Waals surface area contributed by atoms with E-state index >= 15 is 0 Å². The molecule has 0 bridgehead atoms. The molecule has 3 rings (SSSR count). The molecule has 1 aromatic heterocycles. The molecule has 1 fully saturated rings. The highest BCUT2D eigenvalue weighted by Gasteiger charge is 2.39. The predicted octanol–water partition coefficient (Wildman–Crippen LogP) is 5.78. The number of H-pyrrole nitrogens is 1. The van der Waals surface area contributed by atoms with Gasteiger partial charge in [0.25, 0.3) is 0 Å². The summed E-state index contributed by atoms with van der Waals surface area (Å²) in [4.78, 5) is 3.40. The maximum absolute atomic E-state index is 5.65. The van der Waals surface area contributed by atoms with E-state index in [9.17, 15) is 0 Å². The smallest absolute Gasteiger partial charge is 0.178 e. The van der Waals surface area contributed by atoms with Crippen molar-refractivity contribution in [3.63, 3.8) is 0 Å². The van der Waals surface area contributed by atoms with Crippen molar-refractivity contribution in [1.82, 2.24) is 9.55 Å². The molecule has 0 unspecified atom stereocenters. The van der Waals surface area contributed by atoms with Crippen LogP contribution in [0.4, 0.5) is 0 Å². The third-order valence-corrected chi connectivity index (χ3v) is 5.14. The van der Waals surface area contributed by atoms with Crippen LogP contribution >= 0.6 is 12.2 Å². The predicted molar refractivity (Wildman–Crippen MR) is 92.3 cm³/mol. The molecule has 1 aliphatic carbocycles. The lowest BCUT2D eigenvalue weighted by atomic mass is 9.63. The van der Waals surface area contributed by atoms with Gasteiger partial charge in [-0.3, -0.25) is 0 Å². The molecule has 1 aliphatic rings. The lowest BCUT2D eigenvalue weighted by Gasteiger charge is -2.45. The first-order valence-corrected chi connectivity index (χ1v) is 8.29. The number of rotatable bonds is 1. The number of benzene rings is 1. The first-order valence-electron chi connectivity index (χ1n) is 7.88. The van der Waals surface area contributed by atoms with E-state index in [1.165, 1.54) is 35.9 Å². The molecule has 21 heavy (non-hydrogen) atoms. The SMILES string of the molecule is Cc1cccc2[nH]c(=S)n(C3CC(C)(C)CC(C)(C)C3)c12. The highest BCUT2D eigenvalue weighted by molar-refractivity contribution is 7.71. The summed E-state index contributed by atoms with van der Waals surface area (Å²) in [5.74, 6) is 0. The van der Waals surface area contributed by atoms with Crippen molar-refractivity contribution in [3.8, 4) is 0 Å². The molecule has 3 heteroatoms. The van der Waals surface area contributed by atoms with Crippen LogP contribution in [0.25, 0.3) is 11.0 Å². The Kier molecular flexibility index (Phi) is 3.32. The Labute approximate surface area is 132 Å². The quantitative estimate of drug-likeness (QED) is 0.662. The molecule has 2 aromatic rings. The van der Waals surface area contributed by atoms with Crippen molar-refractivity contribution < 1.29 is 0 Å². The molecule has 0 aliphatic heterocycles. The number of hydrogen-bond donors (Lipinski definition) is 1. The van der Waals surface area contributed by atoms with Crippen molar-refractivity contribution in [3.05, 3.63) is 28.5 Å². The molecule has 0 amide bonds. The highest BCUT2D eigenvalue weighted by atomic mass is 32.1. The van der Waals surface area contributed by atoms with Crippen LogP contribution in [0.1, 0.15) is 58.6 Å². The van der Waals surface area contributed by atoms with Crippen LogP contribution in [0, 0.1) is 22.5 Å². The maximum atomic E-state index is 5.65. The number of nitrogens with zero attached hydrogens (tertiary/aromatic N) is 1. The molecule has 1 N–H and O–H groups in total. The van der Waals surface area contributed by atoms with Crippen LogP contribution in [0.5, 0.6) is 0 Å². The van der Waals surface area contributed by atoms with Gasteiger partial charge in [0.05, 0.1) is 11.0 Å². The van der Waals surface area contributed by atoms with Crippen molar-refractivity contribution >= 4 is 23.3 Å². The monoisotopic (exact) mass is 302 g/mol. The summed E-state index contributed by atoms with van der Waals surface area (Å²) in [5, 5.41) is 0. The van der Waals surface area contributed by atoms with E-state index in [4.69, 9.17) is 12.2 Å². The number of nitrogens with one attached hydrogen (secondary N) is 1. The minimum atomic E-state index is 0.369. The van der Waals surface area contributed by atoms with Crippen LogP contribution in [-0.4, -0.2) is 9.55 Å². The van der Waals surface area contributed by atoms with Crippen molar-refractivity contribution in [2.75, 3.05) is 0 Å². The van der Waals surface area contributed by atoms with Gasteiger partial charge in [-0.1, -0.05) is 39.8 Å². The van der Waals surface area contributed by atoms with E-state index < -0.39 is 0 Å². The lowest BCUT2D eigenvalue weighted by Crippen LogP contribution is -2.35. The van der Waals surface area contributed by atoms with Gasteiger partial charge in [-0.2, -0.15) is 0 Å². The van der Waals surface area contributed by atoms with Gasteiger partial charge in [0.2, 0.25) is 0 Å². The minimum absolute atomic E-state index is 0.369. The number of para-hydroxylation sites is 1. The zero-order valence-electron chi connectivity index (χ0n) is 13.8. The van der Waals surface area contributed by atoms with E-state index in [0.717, 1.165) is 4.77 Å². The molecule has 0 radical (unpaired) electrons. The summed E-state index contributed by atoms with van der Waals surface area (Å²) in [6.45, 7) is 11.8. The van der Waals surface area contributed by atoms with Gasteiger partial charge < -0.3 is 9.55 Å². The normalized spacial score (nSPS) is 21.8. The van der Waals surface area contributed by atoms with Crippen LogP contribution < -0.4 is 0 Å². The summed E-state index contributed by atoms with van der Waals surface area (Å²) in [6.07, 6.45) is 3.68. The van der Waals surface area contributed by atoms with Crippen LogP contribution in [0.15, 0.2) is 18.2 Å². The minimum Gasteiger partial charge on any atom is -0.331 e. The Bertz CT molecular complexity index is 717. The topological polar surface area (TPSA) is 20.7 Å². The summed E-state index contributed by atoms with van der Waals surface area (Å²) >= 11 is 5.65. The van der Waals surface area contributed by atoms with Gasteiger partial charge in [0, 0.05) is 6.04 Å². The molecule has 1 heterocycles. The molecule has 2 nitrogen and oxygen atoms in total. The van der Waals surface area contributed by atoms with Crippen LogP contribution in [0.3, 0.4) is 0 Å². The van der Waals surface area contributed by atoms with E-state index in [1.54, 1.807) is 0 Å². The third kappa shape index (κ3) is 2.68. The van der Waals surface area contributed by atoms with E-state index in [1.807, 2.05) is 0 Å². The fraction of sp³-hybridized carbons (Fsp3) is 0.611. The Balaban J connectivity index is 2.16. The second-order valence-corrected chi connectivity index (χ2v) is 8.73. The number of fused-ring (bicyclic) bond motifs is 1. The van der Waals surface area contributed by atoms with Gasteiger partial charge in [-0.15, -0.1) is 0 Å². The van der Waals surface area contributed by atoms with E-state index in [0.29, 0.717) is 16.9 Å². The number of imidazole rings is 1. The Morgan fingerprint density at radius 3 is 2.38 bits per heavy atom. The molecule has 1 aromatic carbocycles. The number of hydrogen-bond acceptors (Lipinski definition) is 1. The Morgan fingerprint density at radius 1 is 1.14 bits per heavy atom. The standard InChI is InChI=1S/C18H26N2S/c1-12-7-6-8-14-15(12)20(16(21)19-14)13-9-17(2,3)11-18(4,5)10-13/h6-8,13H,9-11H2,1-5H3,(H,19,21). The molecular formula is C18H26N2S. The zero-order chi connectivity index (χ0) is 15.4. The summed E-state index contributed by atoms with van der Waals surface area (Å²) in [6, 6.07) is 6.90. The van der Waals surface area contributed by atoms with Crippen molar-refractivity contribution in [1.29, 1.82) is 0 Å². The third-order valence-electron chi connectivity index (χ3n) is 4.84. The maximum Gasteiger partial charge on any atom is 0.178 e. The van der Waals surface area contributed by atoms with Crippen LogP contribution in [-0.2, 0) is 0 Å². The van der Waals surface area contributed by atoms with Gasteiger partial charge in [0.1, 0.15) is 0 Å². The number of aryl methyl sites for hydroxylation is 1. The van der Waals surface area contributed by atoms with Crippen molar-refractivity contribution in [2.45, 2.75) is 59.9 Å². The number of aromatic nitrogens is 2. The first kappa shape index (κ1) is 14.8. The summed E-state index contributed by atoms with van der Waals surface area (Å²) in [7, 11) is 0. The molecule has 0 atom stereocenters. The average Bonchev–Trinajstić information content (AvgIpc) is 2.62. The molecular weight excluding hydrogens is 276 g/mol. The van der Waals surface area contributed by atoms with Gasteiger partial charge in [-0.25, -0.2) is 0 Å². The summed E-state index contributed by atoms with van der Waals surface area (Å²) < 4.78 is 3.26. The van der Waals surface area contributed by atoms with Gasteiger partial charge >= 0.3 is 0 Å². The number of aromatic amines is 1. The van der Waals surface area contributed by atoms with E-state index in [-0.39, 0.29) is 0 Å². The molecule has 0 saturated heterocycles. The second kappa shape index (κ2) is 4.70. The zero-order valence-corrected chi connectivity index (χ0v) is 14.6. The van der Waals surface area contributed by atoms with Gasteiger partial charge in [-0.05, 0) is 60.9 Å². The molecule has 114 valence electrons. The summed E-state index contributed by atoms with van der Waals surface area (Å²) in [5.41, 5.74) is 4.50. The largest absolute Gasteiger partial charge is 0.331 e. The fourth-order valence-electron chi connectivity index (χ4n) is 4.68. The van der Waals surface area contributed by atoms with Crippen molar-refractivity contribution in [2.24, 2.45) is 10.8 Å². The van der Waals surface area contributed by atoms with E-state index in [2.05, 4.69) is 62.4 Å². The van der Waals surface area contributed by atoms with Crippen LogP contribution in [0.2, 0.25) is 0 Å².